The molecule has 0 N–H and O–H groups in total. The van der Waals surface area contributed by atoms with Crippen molar-refractivity contribution in [1.29, 1.82) is 0 Å². The van der Waals surface area contributed by atoms with Crippen LogP contribution in [0.5, 0.6) is 0 Å². The average molecular weight is 344 g/mol. The Morgan fingerprint density at radius 3 is 2.36 bits per heavy atom. The third-order valence-corrected chi connectivity index (χ3v) is 3.54. The Morgan fingerprint density at radius 1 is 1.08 bits per heavy atom. The summed E-state index contributed by atoms with van der Waals surface area (Å²) in [6.45, 7) is 3.43. The number of aromatic nitrogens is 2. The molecule has 1 heterocycles. The number of ether oxygens (including phenoxy) is 1. The molecule has 0 aliphatic rings. The summed E-state index contributed by atoms with van der Waals surface area (Å²) in [4.78, 5) is 12.0. The Balaban J connectivity index is 1.77. The van der Waals surface area contributed by atoms with Crippen molar-refractivity contribution in [2.45, 2.75) is 20.0 Å². The van der Waals surface area contributed by atoms with Gasteiger partial charge in [-0.05, 0) is 38.1 Å². The standard InChI is InChI=1S/C18H14F2N2O3/c1-10-6-8-12(9-7-10)17-22-21-16(25-17)11(2)24-18(23)15-13(19)4-3-5-14(15)20/h3-9,11H,1-2H3/t11-/m1/s1. The second-order valence-corrected chi connectivity index (χ2v) is 5.46. The van der Waals surface area contributed by atoms with Gasteiger partial charge in [0, 0.05) is 5.56 Å². The molecular weight excluding hydrogens is 330 g/mol. The highest BCUT2D eigenvalue weighted by Gasteiger charge is 2.24. The molecule has 0 unspecified atom stereocenters. The molecule has 2 aromatic carbocycles. The molecule has 128 valence electrons. The van der Waals surface area contributed by atoms with Crippen LogP contribution in [0.3, 0.4) is 0 Å². The predicted molar refractivity (Wildman–Crippen MR) is 84.7 cm³/mol. The number of hydrogen-bond acceptors (Lipinski definition) is 5. The van der Waals surface area contributed by atoms with Gasteiger partial charge in [0.2, 0.25) is 5.89 Å². The average Bonchev–Trinajstić information content (AvgIpc) is 3.05. The van der Waals surface area contributed by atoms with Crippen LogP contribution in [0.25, 0.3) is 11.5 Å². The van der Waals surface area contributed by atoms with Gasteiger partial charge in [-0.2, -0.15) is 0 Å². The summed E-state index contributed by atoms with van der Waals surface area (Å²) in [7, 11) is 0. The van der Waals surface area contributed by atoms with Gasteiger partial charge < -0.3 is 9.15 Å². The molecule has 1 atom stereocenters. The van der Waals surface area contributed by atoms with Crippen molar-refractivity contribution in [2.75, 3.05) is 0 Å². The third-order valence-electron chi connectivity index (χ3n) is 3.54. The van der Waals surface area contributed by atoms with E-state index in [1.54, 1.807) is 0 Å². The van der Waals surface area contributed by atoms with Crippen molar-refractivity contribution in [3.63, 3.8) is 0 Å². The lowest BCUT2D eigenvalue weighted by atomic mass is 10.1. The zero-order valence-electron chi connectivity index (χ0n) is 13.5. The summed E-state index contributed by atoms with van der Waals surface area (Å²) in [5.41, 5.74) is 1.04. The van der Waals surface area contributed by atoms with E-state index in [2.05, 4.69) is 10.2 Å². The number of hydrogen-bond donors (Lipinski definition) is 0. The molecule has 0 saturated carbocycles. The first kappa shape index (κ1) is 16.8. The molecule has 0 fully saturated rings. The van der Waals surface area contributed by atoms with Crippen LogP contribution in [-0.4, -0.2) is 16.2 Å². The topological polar surface area (TPSA) is 65.2 Å². The highest BCUT2D eigenvalue weighted by molar-refractivity contribution is 5.90. The minimum atomic E-state index is -1.14. The van der Waals surface area contributed by atoms with E-state index in [9.17, 15) is 13.6 Å². The van der Waals surface area contributed by atoms with Crippen LogP contribution in [0.15, 0.2) is 46.9 Å². The van der Waals surface area contributed by atoms with Crippen LogP contribution in [0.2, 0.25) is 0 Å². The number of nitrogens with zero attached hydrogens (tertiary/aromatic N) is 2. The Bertz CT molecular complexity index is 887. The largest absolute Gasteiger partial charge is 0.449 e. The Labute approximate surface area is 142 Å². The first-order chi connectivity index (χ1) is 12.0. The number of benzene rings is 2. The minimum Gasteiger partial charge on any atom is -0.449 e. The second kappa shape index (κ2) is 6.80. The molecule has 3 aromatic rings. The van der Waals surface area contributed by atoms with Gasteiger partial charge in [-0.1, -0.05) is 23.8 Å². The summed E-state index contributed by atoms with van der Waals surface area (Å²) < 4.78 is 37.8. The van der Waals surface area contributed by atoms with E-state index >= 15 is 0 Å². The highest BCUT2D eigenvalue weighted by atomic mass is 19.1. The van der Waals surface area contributed by atoms with E-state index in [1.807, 2.05) is 31.2 Å². The number of halogens is 2. The van der Waals surface area contributed by atoms with Crippen molar-refractivity contribution in [3.05, 3.63) is 71.1 Å². The molecule has 3 rings (SSSR count). The van der Waals surface area contributed by atoms with Crippen LogP contribution in [0, 0.1) is 18.6 Å². The maximum atomic E-state index is 13.6. The van der Waals surface area contributed by atoms with Crippen LogP contribution < -0.4 is 0 Å². The van der Waals surface area contributed by atoms with E-state index in [0.29, 0.717) is 5.56 Å². The molecule has 1 aromatic heterocycles. The fraction of sp³-hybridized carbons (Fsp3) is 0.167. The molecule has 25 heavy (non-hydrogen) atoms. The second-order valence-electron chi connectivity index (χ2n) is 5.46. The van der Waals surface area contributed by atoms with Crippen LogP contribution >= 0.6 is 0 Å². The fourth-order valence-electron chi connectivity index (χ4n) is 2.17. The minimum absolute atomic E-state index is 0.0284. The monoisotopic (exact) mass is 344 g/mol. The lowest BCUT2D eigenvalue weighted by Crippen LogP contribution is -2.13. The quantitative estimate of drug-likeness (QED) is 0.662. The molecule has 0 amide bonds. The molecule has 0 aliphatic carbocycles. The van der Waals surface area contributed by atoms with Crippen LogP contribution in [0.1, 0.15) is 34.8 Å². The van der Waals surface area contributed by atoms with E-state index < -0.39 is 29.3 Å². The van der Waals surface area contributed by atoms with Crippen LogP contribution in [-0.2, 0) is 4.74 Å². The van der Waals surface area contributed by atoms with E-state index in [4.69, 9.17) is 9.15 Å². The van der Waals surface area contributed by atoms with Crippen LogP contribution in [0.4, 0.5) is 8.78 Å². The van der Waals surface area contributed by atoms with Gasteiger partial charge in [-0.3, -0.25) is 0 Å². The molecule has 0 radical (unpaired) electrons. The highest BCUT2D eigenvalue weighted by Crippen LogP contribution is 2.24. The summed E-state index contributed by atoms with van der Waals surface area (Å²) in [5, 5.41) is 7.72. The number of aryl methyl sites for hydroxylation is 1. The smallest absolute Gasteiger partial charge is 0.344 e. The Hall–Kier alpha value is -3.09. The molecule has 7 heteroatoms. The molecule has 5 nitrogen and oxygen atoms in total. The zero-order chi connectivity index (χ0) is 18.0. The van der Waals surface area contributed by atoms with Gasteiger partial charge in [-0.25, -0.2) is 13.6 Å². The van der Waals surface area contributed by atoms with E-state index in [0.717, 1.165) is 23.8 Å². The predicted octanol–water partition coefficient (Wildman–Crippen LogP) is 4.24. The van der Waals surface area contributed by atoms with Gasteiger partial charge in [0.1, 0.15) is 17.2 Å². The van der Waals surface area contributed by atoms with Crippen molar-refractivity contribution in [3.8, 4) is 11.5 Å². The number of carbonyl (C=O) groups excluding carboxylic acids is 1. The third kappa shape index (κ3) is 3.55. The van der Waals surface area contributed by atoms with Gasteiger partial charge >= 0.3 is 5.97 Å². The zero-order valence-corrected chi connectivity index (χ0v) is 13.5. The molecular formula is C18H14F2N2O3. The van der Waals surface area contributed by atoms with Crippen molar-refractivity contribution < 1.29 is 22.7 Å². The van der Waals surface area contributed by atoms with E-state index in [-0.39, 0.29) is 11.8 Å². The van der Waals surface area contributed by atoms with Gasteiger partial charge in [0.05, 0.1) is 0 Å². The molecule has 0 bridgehead atoms. The molecule has 0 saturated heterocycles. The maximum Gasteiger partial charge on any atom is 0.344 e. The van der Waals surface area contributed by atoms with Crippen molar-refractivity contribution in [1.82, 2.24) is 10.2 Å². The number of rotatable bonds is 4. The van der Waals surface area contributed by atoms with Gasteiger partial charge in [0.25, 0.3) is 5.89 Å². The lowest BCUT2D eigenvalue weighted by molar-refractivity contribution is 0.0269. The molecule has 0 aliphatic heterocycles. The van der Waals surface area contributed by atoms with Gasteiger partial charge in [0.15, 0.2) is 6.10 Å². The number of esters is 1. The Morgan fingerprint density at radius 2 is 1.72 bits per heavy atom. The first-order valence-electron chi connectivity index (χ1n) is 7.51. The normalized spacial score (nSPS) is 12.0. The summed E-state index contributed by atoms with van der Waals surface area (Å²) in [5.74, 6) is -2.85. The molecule has 0 spiro atoms. The van der Waals surface area contributed by atoms with Crippen molar-refractivity contribution >= 4 is 5.97 Å². The lowest BCUT2D eigenvalue weighted by Gasteiger charge is -2.10. The van der Waals surface area contributed by atoms with Crippen molar-refractivity contribution in [2.24, 2.45) is 0 Å². The fourth-order valence-corrected chi connectivity index (χ4v) is 2.17. The summed E-state index contributed by atoms with van der Waals surface area (Å²) in [6, 6.07) is 10.5. The summed E-state index contributed by atoms with van der Waals surface area (Å²) in [6.07, 6.45) is -0.960. The van der Waals surface area contributed by atoms with Gasteiger partial charge in [-0.15, -0.1) is 10.2 Å². The summed E-state index contributed by atoms with van der Waals surface area (Å²) >= 11 is 0. The SMILES string of the molecule is Cc1ccc(-c2nnc([C@@H](C)OC(=O)c3c(F)cccc3F)o2)cc1. The Kier molecular flexibility index (Phi) is 4.56. The maximum absolute atomic E-state index is 13.6. The number of carbonyl (C=O) groups is 1. The van der Waals surface area contributed by atoms with E-state index in [1.165, 1.54) is 6.92 Å². The first-order valence-corrected chi connectivity index (χ1v) is 7.51.